The molecule has 0 aromatic rings. The molecule has 0 aromatic heterocycles. The molecule has 0 saturated heterocycles. The van der Waals surface area contributed by atoms with Crippen LogP contribution in [0.15, 0.2) is 0 Å². The number of thiocarbonyl (C=S) groups is 1. The molecular formula is C12H25N3OS. The molecule has 0 saturated carbocycles. The second kappa shape index (κ2) is 9.36. The summed E-state index contributed by atoms with van der Waals surface area (Å²) in [4.78, 5) is 14.2. The minimum absolute atomic E-state index is 0.0791. The van der Waals surface area contributed by atoms with Gasteiger partial charge in [-0.25, -0.2) is 0 Å². The Morgan fingerprint density at radius 1 is 1.47 bits per heavy atom. The van der Waals surface area contributed by atoms with Crippen molar-refractivity contribution in [2.75, 3.05) is 26.2 Å². The Hall–Kier alpha value is -0.680. The van der Waals surface area contributed by atoms with Gasteiger partial charge in [-0.1, -0.05) is 33.0 Å². The molecule has 0 aliphatic heterocycles. The van der Waals surface area contributed by atoms with Gasteiger partial charge in [0.05, 0.1) is 11.5 Å². The summed E-state index contributed by atoms with van der Waals surface area (Å²) in [7, 11) is 0. The Kier molecular flexibility index (Phi) is 8.99. The lowest BCUT2D eigenvalue weighted by Crippen LogP contribution is -2.40. The van der Waals surface area contributed by atoms with Crippen LogP contribution in [0.4, 0.5) is 0 Å². The van der Waals surface area contributed by atoms with E-state index in [-0.39, 0.29) is 5.91 Å². The van der Waals surface area contributed by atoms with Gasteiger partial charge in [-0.2, -0.15) is 0 Å². The van der Waals surface area contributed by atoms with Gasteiger partial charge in [0.25, 0.3) is 0 Å². The van der Waals surface area contributed by atoms with Crippen molar-refractivity contribution in [2.24, 2.45) is 11.7 Å². The van der Waals surface area contributed by atoms with Crippen LogP contribution >= 0.6 is 12.2 Å². The van der Waals surface area contributed by atoms with E-state index in [9.17, 15) is 4.79 Å². The highest BCUT2D eigenvalue weighted by Gasteiger charge is 2.11. The molecule has 0 aliphatic carbocycles. The van der Waals surface area contributed by atoms with Gasteiger partial charge in [0.15, 0.2) is 0 Å². The molecule has 17 heavy (non-hydrogen) atoms. The number of nitrogens with two attached hydrogens (primary N) is 1. The van der Waals surface area contributed by atoms with Crippen LogP contribution in [0.5, 0.6) is 0 Å². The molecule has 0 aliphatic rings. The average molecular weight is 259 g/mol. The second-order valence-electron chi connectivity index (χ2n) is 4.70. The van der Waals surface area contributed by atoms with Crippen LogP contribution in [0.1, 0.15) is 33.6 Å². The summed E-state index contributed by atoms with van der Waals surface area (Å²) in [6, 6.07) is 0. The van der Waals surface area contributed by atoms with Crippen LogP contribution < -0.4 is 11.1 Å². The van der Waals surface area contributed by atoms with E-state index in [0.717, 1.165) is 26.1 Å². The minimum atomic E-state index is 0.0791. The minimum Gasteiger partial charge on any atom is -0.393 e. The summed E-state index contributed by atoms with van der Waals surface area (Å²) in [5, 5.41) is 2.88. The maximum atomic E-state index is 11.6. The van der Waals surface area contributed by atoms with Crippen molar-refractivity contribution < 1.29 is 4.79 Å². The van der Waals surface area contributed by atoms with Crippen molar-refractivity contribution >= 4 is 23.1 Å². The Labute approximate surface area is 110 Å². The first-order valence-corrected chi connectivity index (χ1v) is 6.63. The van der Waals surface area contributed by atoms with E-state index < -0.39 is 0 Å². The SMILES string of the molecule is CCCNC(=O)CN(CCC(N)=S)CC(C)C. The van der Waals surface area contributed by atoms with Crippen molar-refractivity contribution in [3.05, 3.63) is 0 Å². The van der Waals surface area contributed by atoms with Crippen molar-refractivity contribution in [3.8, 4) is 0 Å². The summed E-state index contributed by atoms with van der Waals surface area (Å²) >= 11 is 4.86. The number of nitrogens with one attached hydrogen (secondary N) is 1. The first kappa shape index (κ1) is 16.3. The summed E-state index contributed by atoms with van der Waals surface area (Å²) in [6.07, 6.45) is 1.63. The quantitative estimate of drug-likeness (QED) is 0.610. The van der Waals surface area contributed by atoms with Crippen molar-refractivity contribution in [1.82, 2.24) is 10.2 Å². The molecule has 4 nitrogen and oxygen atoms in total. The molecule has 0 rings (SSSR count). The third-order valence-corrected chi connectivity index (χ3v) is 2.44. The number of carbonyl (C=O) groups excluding carboxylic acids is 1. The molecule has 0 aromatic carbocycles. The van der Waals surface area contributed by atoms with Crippen LogP contribution in [0.25, 0.3) is 0 Å². The number of hydrogen-bond acceptors (Lipinski definition) is 3. The molecule has 0 bridgehead atoms. The van der Waals surface area contributed by atoms with Crippen LogP contribution in [-0.4, -0.2) is 42.0 Å². The van der Waals surface area contributed by atoms with Gasteiger partial charge >= 0.3 is 0 Å². The molecule has 0 spiro atoms. The number of amides is 1. The van der Waals surface area contributed by atoms with E-state index in [0.29, 0.717) is 23.9 Å². The normalized spacial score (nSPS) is 10.9. The van der Waals surface area contributed by atoms with Gasteiger partial charge in [0.2, 0.25) is 5.91 Å². The molecule has 100 valence electrons. The van der Waals surface area contributed by atoms with Gasteiger partial charge in [-0.3, -0.25) is 9.69 Å². The molecule has 0 atom stereocenters. The lowest BCUT2D eigenvalue weighted by molar-refractivity contribution is -0.122. The van der Waals surface area contributed by atoms with Gasteiger partial charge in [-0.05, 0) is 12.3 Å². The Morgan fingerprint density at radius 3 is 2.59 bits per heavy atom. The third-order valence-electron chi connectivity index (χ3n) is 2.24. The van der Waals surface area contributed by atoms with E-state index in [1.165, 1.54) is 0 Å². The molecular weight excluding hydrogens is 234 g/mol. The molecule has 3 N–H and O–H groups in total. The smallest absolute Gasteiger partial charge is 0.234 e. The number of rotatable bonds is 9. The van der Waals surface area contributed by atoms with Gasteiger partial charge in [0.1, 0.15) is 0 Å². The van der Waals surface area contributed by atoms with Crippen molar-refractivity contribution in [2.45, 2.75) is 33.6 Å². The highest BCUT2D eigenvalue weighted by atomic mass is 32.1. The van der Waals surface area contributed by atoms with E-state index in [4.69, 9.17) is 18.0 Å². The Bertz CT molecular complexity index is 244. The summed E-state index contributed by atoms with van der Waals surface area (Å²) in [5.41, 5.74) is 5.49. The average Bonchev–Trinajstić information content (AvgIpc) is 2.22. The maximum Gasteiger partial charge on any atom is 0.234 e. The molecule has 0 fully saturated rings. The Balaban J connectivity index is 4.07. The van der Waals surface area contributed by atoms with E-state index in [1.807, 2.05) is 6.92 Å². The first-order chi connectivity index (χ1) is 7.95. The Morgan fingerprint density at radius 2 is 2.12 bits per heavy atom. The van der Waals surface area contributed by atoms with Gasteiger partial charge in [-0.15, -0.1) is 0 Å². The van der Waals surface area contributed by atoms with Crippen LogP contribution in [0.2, 0.25) is 0 Å². The fraction of sp³-hybridized carbons (Fsp3) is 0.833. The number of hydrogen-bond donors (Lipinski definition) is 2. The highest BCUT2D eigenvalue weighted by Crippen LogP contribution is 2.00. The van der Waals surface area contributed by atoms with E-state index in [1.54, 1.807) is 0 Å². The molecule has 5 heteroatoms. The zero-order valence-electron chi connectivity index (χ0n) is 11.2. The lowest BCUT2D eigenvalue weighted by Gasteiger charge is -2.23. The lowest BCUT2D eigenvalue weighted by atomic mass is 10.2. The largest absolute Gasteiger partial charge is 0.393 e. The molecule has 0 unspecified atom stereocenters. The van der Waals surface area contributed by atoms with E-state index >= 15 is 0 Å². The second-order valence-corrected chi connectivity index (χ2v) is 5.22. The van der Waals surface area contributed by atoms with Crippen LogP contribution in [-0.2, 0) is 4.79 Å². The fourth-order valence-corrected chi connectivity index (χ4v) is 1.63. The van der Waals surface area contributed by atoms with Crippen molar-refractivity contribution in [1.29, 1.82) is 0 Å². The van der Waals surface area contributed by atoms with Gasteiger partial charge < -0.3 is 11.1 Å². The van der Waals surface area contributed by atoms with Crippen LogP contribution in [0.3, 0.4) is 0 Å². The van der Waals surface area contributed by atoms with Crippen molar-refractivity contribution in [3.63, 3.8) is 0 Å². The predicted octanol–water partition coefficient (Wildman–Crippen LogP) is 1.15. The topological polar surface area (TPSA) is 58.4 Å². The molecule has 1 amide bonds. The maximum absolute atomic E-state index is 11.6. The first-order valence-electron chi connectivity index (χ1n) is 6.23. The fourth-order valence-electron chi connectivity index (χ4n) is 1.54. The predicted molar refractivity (Wildman–Crippen MR) is 76.0 cm³/mol. The monoisotopic (exact) mass is 259 g/mol. The third kappa shape index (κ3) is 10.2. The highest BCUT2D eigenvalue weighted by molar-refractivity contribution is 7.80. The standard InChI is InChI=1S/C12H25N3OS/c1-4-6-14-12(16)9-15(8-10(2)3)7-5-11(13)17/h10H,4-9H2,1-3H3,(H2,13,17)(H,14,16). The van der Waals surface area contributed by atoms with E-state index in [2.05, 4.69) is 24.1 Å². The zero-order chi connectivity index (χ0) is 13.3. The number of carbonyl (C=O) groups is 1. The summed E-state index contributed by atoms with van der Waals surface area (Å²) in [6.45, 7) is 9.13. The summed E-state index contributed by atoms with van der Waals surface area (Å²) < 4.78 is 0. The zero-order valence-corrected chi connectivity index (χ0v) is 12.0. The van der Waals surface area contributed by atoms with Gasteiger partial charge in [0, 0.05) is 26.1 Å². The summed E-state index contributed by atoms with van der Waals surface area (Å²) in [5.74, 6) is 0.607. The molecule has 0 radical (unpaired) electrons. The molecule has 0 heterocycles. The number of nitrogens with zero attached hydrogens (tertiary/aromatic N) is 1. The van der Waals surface area contributed by atoms with Crippen LogP contribution in [0, 0.1) is 5.92 Å².